The van der Waals surface area contributed by atoms with E-state index in [-0.39, 0.29) is 0 Å². The van der Waals surface area contributed by atoms with Crippen LogP contribution in [0.15, 0.2) is 0 Å². The van der Waals surface area contributed by atoms with E-state index in [2.05, 4.69) is 12.2 Å². The maximum Gasteiger partial charge on any atom is 0.00415 e. The Morgan fingerprint density at radius 1 is 1.00 bits per heavy atom. The molecule has 1 N–H and O–H groups in total. The Hall–Kier alpha value is -0.0400. The Kier molecular flexibility index (Phi) is 4.79. The number of rotatable bonds is 0. The van der Waals surface area contributed by atoms with Crippen molar-refractivity contribution in [3.05, 3.63) is 0 Å². The highest BCUT2D eigenvalue weighted by molar-refractivity contribution is 4.84. The lowest BCUT2D eigenvalue weighted by Gasteiger charge is -2.38. The Balaban J connectivity index is 0.000000396. The molecule has 2 fully saturated rings. The highest BCUT2D eigenvalue weighted by atomic mass is 14.9. The van der Waals surface area contributed by atoms with Crippen LogP contribution in [0.25, 0.3) is 0 Å². The number of nitrogens with one attached hydrogen (secondary N) is 1. The molecule has 1 aliphatic heterocycles. The lowest BCUT2D eigenvalue weighted by Crippen LogP contribution is -2.43. The van der Waals surface area contributed by atoms with E-state index in [1.165, 1.54) is 38.6 Å². The van der Waals surface area contributed by atoms with Crippen molar-refractivity contribution in [1.29, 1.82) is 0 Å². The van der Waals surface area contributed by atoms with Gasteiger partial charge in [0.1, 0.15) is 0 Å². The van der Waals surface area contributed by atoms with Gasteiger partial charge in [0.2, 0.25) is 0 Å². The number of hydrogen-bond donors (Lipinski definition) is 1. The molecule has 2 aliphatic rings. The van der Waals surface area contributed by atoms with Crippen LogP contribution in [0.3, 0.4) is 0 Å². The molecule has 1 aliphatic carbocycles. The summed E-state index contributed by atoms with van der Waals surface area (Å²) < 4.78 is 0. The summed E-state index contributed by atoms with van der Waals surface area (Å²) in [4.78, 5) is 0. The zero-order valence-corrected chi connectivity index (χ0v) is 9.47. The largest absolute Gasteiger partial charge is 0.314 e. The number of fused-ring (bicyclic) bond motifs is 1. The Labute approximate surface area is 83.3 Å². The first-order valence-electron chi connectivity index (χ1n) is 6.09. The molecule has 0 aromatic carbocycles. The summed E-state index contributed by atoms with van der Waals surface area (Å²) in [6.45, 7) is 7.62. The van der Waals surface area contributed by atoms with E-state index in [4.69, 9.17) is 0 Å². The molecule has 0 spiro atoms. The maximum absolute atomic E-state index is 3.58. The maximum atomic E-state index is 3.58. The minimum absolute atomic E-state index is 0.786. The van der Waals surface area contributed by atoms with Crippen LogP contribution in [0, 0.1) is 11.8 Å². The van der Waals surface area contributed by atoms with Gasteiger partial charge in [-0.15, -0.1) is 0 Å². The van der Waals surface area contributed by atoms with Crippen molar-refractivity contribution < 1.29 is 0 Å². The van der Waals surface area contributed by atoms with Crippen LogP contribution in [-0.4, -0.2) is 12.6 Å². The van der Waals surface area contributed by atoms with Crippen molar-refractivity contribution in [3.8, 4) is 0 Å². The zero-order chi connectivity index (χ0) is 9.68. The smallest absolute Gasteiger partial charge is 0.00415 e. The molecule has 0 bridgehead atoms. The molecule has 2 unspecified atom stereocenters. The van der Waals surface area contributed by atoms with E-state index in [9.17, 15) is 0 Å². The predicted molar refractivity (Wildman–Crippen MR) is 58.9 cm³/mol. The molecule has 0 aromatic rings. The summed E-state index contributed by atoms with van der Waals surface area (Å²) in [6, 6.07) is 0.786. The molecule has 1 heteroatoms. The van der Waals surface area contributed by atoms with E-state index in [0.717, 1.165) is 17.9 Å². The van der Waals surface area contributed by atoms with Gasteiger partial charge in [-0.05, 0) is 38.1 Å². The van der Waals surface area contributed by atoms with Crippen molar-refractivity contribution in [2.45, 2.75) is 58.9 Å². The lowest BCUT2D eigenvalue weighted by molar-refractivity contribution is 0.159. The molecule has 1 saturated carbocycles. The fraction of sp³-hybridized carbons (Fsp3) is 1.00. The van der Waals surface area contributed by atoms with Crippen LogP contribution in [0.1, 0.15) is 52.9 Å². The van der Waals surface area contributed by atoms with Crippen LogP contribution >= 0.6 is 0 Å². The number of hydrogen-bond acceptors (Lipinski definition) is 1. The topological polar surface area (TPSA) is 12.0 Å². The first-order valence-corrected chi connectivity index (χ1v) is 6.09. The highest BCUT2D eigenvalue weighted by Crippen LogP contribution is 2.34. The van der Waals surface area contributed by atoms with Crippen molar-refractivity contribution in [2.24, 2.45) is 11.8 Å². The third kappa shape index (κ3) is 2.98. The van der Waals surface area contributed by atoms with E-state index < -0.39 is 0 Å². The van der Waals surface area contributed by atoms with Gasteiger partial charge in [-0.1, -0.05) is 33.1 Å². The van der Waals surface area contributed by atoms with Gasteiger partial charge in [0.15, 0.2) is 0 Å². The second kappa shape index (κ2) is 5.64. The molecule has 0 amide bonds. The summed E-state index contributed by atoms with van der Waals surface area (Å²) >= 11 is 0. The summed E-state index contributed by atoms with van der Waals surface area (Å²) in [5, 5.41) is 3.58. The normalized spacial score (nSPS) is 38.5. The SMILES string of the molecule is CC.C[C@@H]1CC2CCCCC2CN1. The number of piperidine rings is 1. The quantitative estimate of drug-likeness (QED) is 0.608. The third-order valence-electron chi connectivity index (χ3n) is 3.45. The molecular weight excluding hydrogens is 158 g/mol. The molecule has 78 valence electrons. The first kappa shape index (κ1) is 11.0. The van der Waals surface area contributed by atoms with Crippen LogP contribution in [0.4, 0.5) is 0 Å². The predicted octanol–water partition coefficient (Wildman–Crippen LogP) is 3.20. The van der Waals surface area contributed by atoms with Gasteiger partial charge in [-0.2, -0.15) is 0 Å². The molecule has 3 atom stereocenters. The Bertz CT molecular complexity index is 133. The van der Waals surface area contributed by atoms with Crippen LogP contribution < -0.4 is 5.32 Å². The van der Waals surface area contributed by atoms with E-state index >= 15 is 0 Å². The summed E-state index contributed by atoms with van der Waals surface area (Å²) in [7, 11) is 0. The van der Waals surface area contributed by atoms with Crippen molar-refractivity contribution in [3.63, 3.8) is 0 Å². The second-order valence-electron chi connectivity index (χ2n) is 4.35. The van der Waals surface area contributed by atoms with Crippen LogP contribution in [0.5, 0.6) is 0 Å². The molecular formula is C12H25N. The van der Waals surface area contributed by atoms with Crippen molar-refractivity contribution in [2.75, 3.05) is 6.54 Å². The van der Waals surface area contributed by atoms with E-state index in [1.807, 2.05) is 13.8 Å². The molecule has 1 saturated heterocycles. The monoisotopic (exact) mass is 183 g/mol. The van der Waals surface area contributed by atoms with Crippen molar-refractivity contribution in [1.82, 2.24) is 5.32 Å². The Morgan fingerprint density at radius 3 is 2.31 bits per heavy atom. The first-order chi connectivity index (χ1) is 6.36. The van der Waals surface area contributed by atoms with Gasteiger partial charge in [-0.25, -0.2) is 0 Å². The molecule has 1 heterocycles. The molecule has 2 rings (SSSR count). The third-order valence-corrected chi connectivity index (χ3v) is 3.45. The van der Waals surface area contributed by atoms with Gasteiger partial charge in [0.25, 0.3) is 0 Å². The standard InChI is InChI=1S/C10H19N.C2H6/c1-8-6-9-4-2-3-5-10(9)7-11-8;1-2/h8-11H,2-7H2,1H3;1-2H3/t8-,9?,10?;/m1./s1. The molecule has 0 aromatic heterocycles. The van der Waals surface area contributed by atoms with Crippen LogP contribution in [-0.2, 0) is 0 Å². The van der Waals surface area contributed by atoms with E-state index in [0.29, 0.717) is 0 Å². The lowest BCUT2D eigenvalue weighted by atomic mass is 9.74. The average Bonchev–Trinajstić information content (AvgIpc) is 2.21. The molecule has 0 radical (unpaired) electrons. The summed E-state index contributed by atoms with van der Waals surface area (Å²) in [5.41, 5.74) is 0. The fourth-order valence-corrected chi connectivity index (χ4v) is 2.75. The van der Waals surface area contributed by atoms with Gasteiger partial charge in [-0.3, -0.25) is 0 Å². The second-order valence-corrected chi connectivity index (χ2v) is 4.35. The summed E-state index contributed by atoms with van der Waals surface area (Å²) in [5.74, 6) is 2.10. The van der Waals surface area contributed by atoms with Gasteiger partial charge >= 0.3 is 0 Å². The molecule has 1 nitrogen and oxygen atoms in total. The van der Waals surface area contributed by atoms with Crippen molar-refractivity contribution >= 4 is 0 Å². The van der Waals surface area contributed by atoms with Crippen LogP contribution in [0.2, 0.25) is 0 Å². The average molecular weight is 183 g/mol. The van der Waals surface area contributed by atoms with Gasteiger partial charge < -0.3 is 5.32 Å². The van der Waals surface area contributed by atoms with Gasteiger partial charge in [0, 0.05) is 6.04 Å². The summed E-state index contributed by atoms with van der Waals surface area (Å²) in [6.07, 6.45) is 7.41. The fourth-order valence-electron chi connectivity index (χ4n) is 2.75. The zero-order valence-electron chi connectivity index (χ0n) is 9.47. The minimum atomic E-state index is 0.786. The Morgan fingerprint density at radius 2 is 1.62 bits per heavy atom. The van der Waals surface area contributed by atoms with Gasteiger partial charge in [0.05, 0.1) is 0 Å². The molecule has 13 heavy (non-hydrogen) atoms. The minimum Gasteiger partial charge on any atom is -0.314 e. The highest BCUT2D eigenvalue weighted by Gasteiger charge is 2.29. The van der Waals surface area contributed by atoms with E-state index in [1.54, 1.807) is 0 Å².